The van der Waals surface area contributed by atoms with Crippen LogP contribution in [0, 0.1) is 0 Å². The third kappa shape index (κ3) is 6.92. The first-order chi connectivity index (χ1) is 15.6. The minimum absolute atomic E-state index is 0.0200. The summed E-state index contributed by atoms with van der Waals surface area (Å²) in [4.78, 5) is 21.1. The normalized spacial score (nSPS) is 10.8. The molecule has 1 amide bonds. The molecule has 0 atom stereocenters. The summed E-state index contributed by atoms with van der Waals surface area (Å²) in [5.41, 5.74) is 3.06. The lowest BCUT2D eigenvalue weighted by atomic mass is 10.2. The van der Waals surface area contributed by atoms with Gasteiger partial charge in [0.2, 0.25) is 17.6 Å². The fourth-order valence-corrected chi connectivity index (χ4v) is 3.24. The Morgan fingerprint density at radius 1 is 1.03 bits per heavy atom. The van der Waals surface area contributed by atoms with Crippen LogP contribution in [0.3, 0.4) is 0 Å². The third-order valence-corrected chi connectivity index (χ3v) is 5.18. The molecular weight excluding hydrogens is 404 g/mol. The Morgan fingerprint density at radius 2 is 1.78 bits per heavy atom. The number of unbranched alkanes of at least 4 members (excludes halogenated alkanes) is 1. The lowest BCUT2D eigenvalue weighted by Crippen LogP contribution is -2.36. The fraction of sp³-hybridized carbons (Fsp3) is 0.400. The zero-order chi connectivity index (χ0) is 22.8. The van der Waals surface area contributed by atoms with Crippen molar-refractivity contribution in [3.63, 3.8) is 0 Å². The van der Waals surface area contributed by atoms with Crippen molar-refractivity contribution in [1.29, 1.82) is 0 Å². The Bertz CT molecular complexity index is 955. The predicted molar refractivity (Wildman–Crippen MR) is 125 cm³/mol. The predicted octanol–water partition coefficient (Wildman–Crippen LogP) is 4.19. The SMILES string of the molecule is CCCCN(CCc1nc(-c2ccc(N(C)C)cc2)no1)C(=O)COCc1ccccc1. The van der Waals surface area contributed by atoms with Gasteiger partial charge in [0.1, 0.15) is 6.61 Å². The summed E-state index contributed by atoms with van der Waals surface area (Å²) in [5.74, 6) is 1.06. The molecule has 0 aliphatic carbocycles. The Kier molecular flexibility index (Phi) is 8.80. The molecule has 3 rings (SSSR count). The standard InChI is InChI=1S/C25H32N4O3/c1-4-5-16-29(24(30)19-31-18-20-9-7-6-8-10-20)17-15-23-26-25(27-32-23)21-11-13-22(14-12-21)28(2)3/h6-14H,4-5,15-19H2,1-3H3. The Morgan fingerprint density at radius 3 is 2.47 bits per heavy atom. The highest BCUT2D eigenvalue weighted by atomic mass is 16.5. The van der Waals surface area contributed by atoms with E-state index >= 15 is 0 Å². The van der Waals surface area contributed by atoms with Crippen LogP contribution in [0.4, 0.5) is 5.69 Å². The van der Waals surface area contributed by atoms with Crippen molar-refractivity contribution < 1.29 is 14.1 Å². The van der Waals surface area contributed by atoms with E-state index in [1.807, 2.05) is 78.5 Å². The van der Waals surface area contributed by atoms with Crippen LogP contribution in [0.25, 0.3) is 11.4 Å². The molecule has 3 aromatic rings. The third-order valence-electron chi connectivity index (χ3n) is 5.18. The average molecular weight is 437 g/mol. The first kappa shape index (κ1) is 23.5. The number of carbonyl (C=O) groups excluding carboxylic acids is 1. The van der Waals surface area contributed by atoms with Gasteiger partial charge in [-0.15, -0.1) is 0 Å². The molecule has 1 heterocycles. The first-order valence-corrected chi connectivity index (χ1v) is 11.1. The van der Waals surface area contributed by atoms with Gasteiger partial charge in [0.25, 0.3) is 0 Å². The van der Waals surface area contributed by atoms with Gasteiger partial charge < -0.3 is 19.1 Å². The maximum Gasteiger partial charge on any atom is 0.248 e. The number of amides is 1. The molecule has 2 aromatic carbocycles. The van der Waals surface area contributed by atoms with Crippen molar-refractivity contribution in [3.05, 3.63) is 66.1 Å². The van der Waals surface area contributed by atoms with Crippen molar-refractivity contribution in [2.24, 2.45) is 0 Å². The van der Waals surface area contributed by atoms with Crippen molar-refractivity contribution in [2.75, 3.05) is 38.7 Å². The first-order valence-electron chi connectivity index (χ1n) is 11.1. The summed E-state index contributed by atoms with van der Waals surface area (Å²) in [6.45, 7) is 3.81. The highest BCUT2D eigenvalue weighted by molar-refractivity contribution is 5.77. The number of hydrogen-bond donors (Lipinski definition) is 0. The van der Waals surface area contributed by atoms with Crippen LogP contribution in [0.5, 0.6) is 0 Å². The number of ether oxygens (including phenoxy) is 1. The van der Waals surface area contributed by atoms with Gasteiger partial charge in [-0.05, 0) is 36.2 Å². The molecule has 7 heteroatoms. The number of nitrogens with zero attached hydrogens (tertiary/aromatic N) is 4. The second-order valence-corrected chi connectivity index (χ2v) is 7.92. The van der Waals surface area contributed by atoms with E-state index in [0.717, 1.165) is 29.7 Å². The van der Waals surface area contributed by atoms with E-state index in [4.69, 9.17) is 9.26 Å². The van der Waals surface area contributed by atoms with Crippen LogP contribution < -0.4 is 4.90 Å². The number of aromatic nitrogens is 2. The van der Waals surface area contributed by atoms with Crippen molar-refractivity contribution >= 4 is 11.6 Å². The van der Waals surface area contributed by atoms with E-state index < -0.39 is 0 Å². The van der Waals surface area contributed by atoms with Crippen LogP contribution in [0.2, 0.25) is 0 Å². The van der Waals surface area contributed by atoms with Gasteiger partial charge in [-0.1, -0.05) is 48.8 Å². The van der Waals surface area contributed by atoms with Crippen molar-refractivity contribution in [3.8, 4) is 11.4 Å². The summed E-state index contributed by atoms with van der Waals surface area (Å²) < 4.78 is 11.1. The summed E-state index contributed by atoms with van der Waals surface area (Å²) in [5, 5.41) is 4.10. The van der Waals surface area contributed by atoms with E-state index in [0.29, 0.717) is 37.8 Å². The quantitative estimate of drug-likeness (QED) is 0.424. The molecule has 0 spiro atoms. The maximum absolute atomic E-state index is 12.7. The smallest absolute Gasteiger partial charge is 0.248 e. The second kappa shape index (κ2) is 12.0. The lowest BCUT2D eigenvalue weighted by molar-refractivity contribution is -0.136. The van der Waals surface area contributed by atoms with Gasteiger partial charge >= 0.3 is 0 Å². The molecule has 0 aliphatic rings. The molecular formula is C25H32N4O3. The molecule has 7 nitrogen and oxygen atoms in total. The van der Waals surface area contributed by atoms with Gasteiger partial charge in [-0.3, -0.25) is 4.79 Å². The van der Waals surface area contributed by atoms with Crippen LogP contribution in [-0.4, -0.2) is 54.7 Å². The molecule has 0 saturated carbocycles. The zero-order valence-corrected chi connectivity index (χ0v) is 19.2. The highest BCUT2D eigenvalue weighted by Crippen LogP contribution is 2.20. The second-order valence-electron chi connectivity index (χ2n) is 7.92. The topological polar surface area (TPSA) is 71.7 Å². The molecule has 0 N–H and O–H groups in total. The van der Waals surface area contributed by atoms with Gasteiger partial charge in [-0.2, -0.15) is 4.98 Å². The molecule has 0 aliphatic heterocycles. The molecule has 0 unspecified atom stereocenters. The fourth-order valence-electron chi connectivity index (χ4n) is 3.24. The Labute approximate surface area is 190 Å². The maximum atomic E-state index is 12.7. The van der Waals surface area contributed by atoms with Crippen LogP contribution in [0.15, 0.2) is 59.1 Å². The summed E-state index contributed by atoms with van der Waals surface area (Å²) in [6, 6.07) is 17.9. The van der Waals surface area contributed by atoms with Crippen molar-refractivity contribution in [2.45, 2.75) is 32.8 Å². The number of rotatable bonds is 12. The van der Waals surface area contributed by atoms with E-state index in [1.165, 1.54) is 0 Å². The van der Waals surface area contributed by atoms with Gasteiger partial charge in [0.15, 0.2) is 0 Å². The largest absolute Gasteiger partial charge is 0.378 e. The lowest BCUT2D eigenvalue weighted by Gasteiger charge is -2.21. The number of carbonyl (C=O) groups is 1. The van der Waals surface area contributed by atoms with Crippen LogP contribution in [-0.2, 0) is 22.6 Å². The number of benzene rings is 2. The molecule has 1 aromatic heterocycles. The summed E-state index contributed by atoms with van der Waals surface area (Å²) in [6.07, 6.45) is 2.47. The zero-order valence-electron chi connectivity index (χ0n) is 19.2. The molecule has 32 heavy (non-hydrogen) atoms. The van der Waals surface area contributed by atoms with Gasteiger partial charge in [-0.25, -0.2) is 0 Å². The number of anilines is 1. The minimum Gasteiger partial charge on any atom is -0.378 e. The molecule has 0 bridgehead atoms. The van der Waals surface area contributed by atoms with Gasteiger partial charge in [0, 0.05) is 44.9 Å². The minimum atomic E-state index is -0.0200. The summed E-state index contributed by atoms with van der Waals surface area (Å²) >= 11 is 0. The van der Waals surface area contributed by atoms with Crippen LogP contribution in [0.1, 0.15) is 31.2 Å². The molecule has 0 saturated heterocycles. The number of hydrogen-bond acceptors (Lipinski definition) is 6. The van der Waals surface area contributed by atoms with E-state index in [2.05, 4.69) is 17.1 Å². The highest BCUT2D eigenvalue weighted by Gasteiger charge is 2.16. The molecule has 170 valence electrons. The van der Waals surface area contributed by atoms with E-state index in [9.17, 15) is 4.79 Å². The monoisotopic (exact) mass is 436 g/mol. The van der Waals surface area contributed by atoms with E-state index in [1.54, 1.807) is 0 Å². The average Bonchev–Trinajstić information content (AvgIpc) is 3.29. The Hall–Kier alpha value is -3.19. The molecule has 0 radical (unpaired) electrons. The van der Waals surface area contributed by atoms with E-state index in [-0.39, 0.29) is 12.5 Å². The Balaban J connectivity index is 1.53. The van der Waals surface area contributed by atoms with Crippen molar-refractivity contribution in [1.82, 2.24) is 15.0 Å². The van der Waals surface area contributed by atoms with Gasteiger partial charge in [0.05, 0.1) is 6.61 Å². The summed E-state index contributed by atoms with van der Waals surface area (Å²) in [7, 11) is 4.00. The molecule has 0 fully saturated rings. The van der Waals surface area contributed by atoms with Crippen LogP contribution >= 0.6 is 0 Å².